The maximum Gasteiger partial charge on any atom is 0.328 e. The van der Waals surface area contributed by atoms with Gasteiger partial charge in [-0.2, -0.15) is 5.10 Å². The summed E-state index contributed by atoms with van der Waals surface area (Å²) in [6, 6.07) is 8.83. The minimum atomic E-state index is -0.457. The van der Waals surface area contributed by atoms with Crippen molar-refractivity contribution in [3.05, 3.63) is 41.5 Å². The molecule has 3 aliphatic rings. The summed E-state index contributed by atoms with van der Waals surface area (Å²) < 4.78 is 5.87. The fraction of sp³-hybridized carbons (Fsp3) is 0.643. The number of carbonyl (C=O) groups excluding carboxylic acids is 1. The largest absolute Gasteiger partial charge is 0.459 e. The maximum atomic E-state index is 13.2. The highest BCUT2D eigenvalue weighted by atomic mass is 16.6. The third-order valence-corrected chi connectivity index (χ3v) is 7.48. The van der Waals surface area contributed by atoms with Gasteiger partial charge in [0, 0.05) is 51.0 Å². The lowest BCUT2D eigenvalue weighted by molar-refractivity contribution is -0.160. The first-order chi connectivity index (χ1) is 16.8. The first-order valence-corrected chi connectivity index (χ1v) is 13.3. The van der Waals surface area contributed by atoms with Crippen molar-refractivity contribution < 1.29 is 9.53 Å². The van der Waals surface area contributed by atoms with Gasteiger partial charge in [-0.05, 0) is 82.6 Å². The second-order valence-electron chi connectivity index (χ2n) is 11.1. The van der Waals surface area contributed by atoms with E-state index >= 15 is 0 Å². The molecule has 1 aromatic rings. The molecule has 7 nitrogen and oxygen atoms in total. The third kappa shape index (κ3) is 6.85. The second kappa shape index (κ2) is 11.6. The van der Waals surface area contributed by atoms with Gasteiger partial charge < -0.3 is 15.5 Å². The average Bonchev–Trinajstić information content (AvgIpc) is 2.85. The Morgan fingerprint density at radius 2 is 1.74 bits per heavy atom. The zero-order chi connectivity index (χ0) is 24.8. The van der Waals surface area contributed by atoms with Gasteiger partial charge in [0.05, 0.1) is 6.21 Å². The predicted molar refractivity (Wildman–Crippen MR) is 143 cm³/mol. The van der Waals surface area contributed by atoms with E-state index in [-0.39, 0.29) is 12.0 Å². The Morgan fingerprint density at radius 1 is 1.06 bits per heavy atom. The average molecular weight is 482 g/mol. The van der Waals surface area contributed by atoms with Crippen molar-refractivity contribution in [1.82, 2.24) is 9.80 Å². The van der Waals surface area contributed by atoms with Crippen molar-refractivity contribution in [1.29, 1.82) is 0 Å². The third-order valence-electron chi connectivity index (χ3n) is 7.48. The fourth-order valence-corrected chi connectivity index (χ4v) is 5.72. The van der Waals surface area contributed by atoms with Crippen molar-refractivity contribution in [2.75, 3.05) is 44.2 Å². The molecule has 2 heterocycles. The van der Waals surface area contributed by atoms with Crippen LogP contribution < -0.4 is 10.7 Å². The van der Waals surface area contributed by atoms with E-state index in [2.05, 4.69) is 50.1 Å². The Kier molecular flexibility index (Phi) is 8.50. The summed E-state index contributed by atoms with van der Waals surface area (Å²) in [6.07, 6.45) is 10.7. The molecule has 0 amide bonds. The zero-order valence-corrected chi connectivity index (χ0v) is 21.8. The van der Waals surface area contributed by atoms with Gasteiger partial charge in [0.1, 0.15) is 11.6 Å². The number of hydrazone groups is 1. The number of likely N-dealkylation sites (tertiary alicyclic amines) is 1. The van der Waals surface area contributed by atoms with Crippen LogP contribution in [0.4, 0.5) is 5.69 Å². The van der Waals surface area contributed by atoms with Crippen LogP contribution in [-0.4, -0.2) is 78.9 Å². The lowest BCUT2D eigenvalue weighted by Gasteiger charge is -2.45. The number of rotatable bonds is 6. The molecule has 2 N–H and O–H groups in total. The van der Waals surface area contributed by atoms with Crippen LogP contribution in [0.3, 0.4) is 0 Å². The van der Waals surface area contributed by atoms with Crippen LogP contribution in [0, 0.1) is 0 Å². The Balaban J connectivity index is 1.31. The number of allylic oxidation sites excluding steroid dienone is 1. The van der Waals surface area contributed by atoms with Crippen molar-refractivity contribution in [3.63, 3.8) is 0 Å². The monoisotopic (exact) mass is 481 g/mol. The lowest BCUT2D eigenvalue weighted by atomic mass is 9.91. The van der Waals surface area contributed by atoms with E-state index in [1.54, 1.807) is 6.21 Å². The Hall–Kier alpha value is -2.38. The number of piperidine rings is 1. The first-order valence-electron chi connectivity index (χ1n) is 13.3. The van der Waals surface area contributed by atoms with Gasteiger partial charge in [0.15, 0.2) is 0 Å². The second-order valence-corrected chi connectivity index (χ2v) is 11.1. The number of nitrogens with two attached hydrogens (primary N) is 1. The quantitative estimate of drug-likeness (QED) is 0.219. The molecule has 1 unspecified atom stereocenters. The molecule has 0 aromatic heterocycles. The number of benzene rings is 1. The van der Waals surface area contributed by atoms with Crippen molar-refractivity contribution in [2.45, 2.75) is 77.0 Å². The Bertz CT molecular complexity index is 889. The zero-order valence-electron chi connectivity index (χ0n) is 21.8. The van der Waals surface area contributed by atoms with Gasteiger partial charge in [-0.15, -0.1) is 0 Å². The molecule has 4 rings (SSSR count). The topological polar surface area (TPSA) is 74.4 Å². The number of nitrogens with zero attached hydrogens (tertiary/aromatic N) is 4. The van der Waals surface area contributed by atoms with Gasteiger partial charge >= 0.3 is 5.97 Å². The lowest BCUT2D eigenvalue weighted by Crippen LogP contribution is -2.55. The van der Waals surface area contributed by atoms with Crippen LogP contribution in [0.5, 0.6) is 0 Å². The number of anilines is 1. The standard InChI is InChI=1S/C28H43N5O2/c1-28(2,3)35-27(34)26(23-7-5-4-6-8-23)33-15-13-25(14-16-33)32-19-17-31(18-20-32)24-11-9-22(10-12-24)21-30-29/h7,9-12,21,25-26H,4-6,8,13-20,29H2,1-3H3. The molecule has 1 atom stereocenters. The van der Waals surface area contributed by atoms with Crippen LogP contribution in [0.25, 0.3) is 0 Å². The number of carbonyl (C=O) groups is 1. The smallest absolute Gasteiger partial charge is 0.328 e. The van der Waals surface area contributed by atoms with Crippen LogP contribution in [0.2, 0.25) is 0 Å². The highest BCUT2D eigenvalue weighted by molar-refractivity contribution is 5.80. The molecule has 2 fully saturated rings. The first kappa shape index (κ1) is 25.7. The van der Waals surface area contributed by atoms with Crippen LogP contribution in [0.1, 0.15) is 64.9 Å². The summed E-state index contributed by atoms with van der Waals surface area (Å²) >= 11 is 0. The molecule has 0 spiro atoms. The van der Waals surface area contributed by atoms with Gasteiger partial charge in [0.25, 0.3) is 0 Å². The van der Waals surface area contributed by atoms with Crippen molar-refractivity contribution in [2.24, 2.45) is 10.9 Å². The predicted octanol–water partition coefficient (Wildman–Crippen LogP) is 3.78. The summed E-state index contributed by atoms with van der Waals surface area (Å²) in [5.41, 5.74) is 3.10. The number of esters is 1. The number of hydrogen-bond acceptors (Lipinski definition) is 7. The summed E-state index contributed by atoms with van der Waals surface area (Å²) in [7, 11) is 0. The molecule has 0 bridgehead atoms. The van der Waals surface area contributed by atoms with Crippen LogP contribution >= 0.6 is 0 Å². The van der Waals surface area contributed by atoms with Gasteiger partial charge in [-0.25, -0.2) is 4.79 Å². The minimum absolute atomic E-state index is 0.0681. The number of hydrogen-bond donors (Lipinski definition) is 1. The molecule has 1 aliphatic carbocycles. The number of ether oxygens (including phenoxy) is 1. The van der Waals surface area contributed by atoms with Crippen molar-refractivity contribution in [3.8, 4) is 0 Å². The van der Waals surface area contributed by atoms with E-state index in [4.69, 9.17) is 10.6 Å². The number of piperazine rings is 1. The minimum Gasteiger partial charge on any atom is -0.459 e. The van der Waals surface area contributed by atoms with Gasteiger partial charge in [-0.3, -0.25) is 9.80 Å². The molecule has 0 radical (unpaired) electrons. The van der Waals surface area contributed by atoms with Gasteiger partial charge in [-0.1, -0.05) is 18.2 Å². The van der Waals surface area contributed by atoms with Crippen LogP contribution in [0.15, 0.2) is 41.0 Å². The summed E-state index contributed by atoms with van der Waals surface area (Å²) in [5, 5.41) is 3.60. The molecule has 192 valence electrons. The molecule has 2 saturated heterocycles. The summed E-state index contributed by atoms with van der Waals surface area (Å²) in [5.74, 6) is 5.19. The van der Waals surface area contributed by atoms with Crippen LogP contribution in [-0.2, 0) is 9.53 Å². The Labute approximate surface area is 211 Å². The molecular formula is C28H43N5O2. The molecule has 2 aliphatic heterocycles. The molecule has 7 heteroatoms. The molecule has 1 aromatic carbocycles. The highest BCUT2D eigenvalue weighted by Gasteiger charge is 2.37. The Morgan fingerprint density at radius 3 is 2.31 bits per heavy atom. The van der Waals surface area contributed by atoms with E-state index < -0.39 is 5.60 Å². The van der Waals surface area contributed by atoms with E-state index in [0.717, 1.165) is 70.5 Å². The molecular weight excluding hydrogens is 438 g/mol. The van der Waals surface area contributed by atoms with E-state index in [0.29, 0.717) is 6.04 Å². The summed E-state index contributed by atoms with van der Waals surface area (Å²) in [4.78, 5) is 20.7. The summed E-state index contributed by atoms with van der Waals surface area (Å²) in [6.45, 7) is 12.0. The molecule has 35 heavy (non-hydrogen) atoms. The maximum absolute atomic E-state index is 13.2. The van der Waals surface area contributed by atoms with E-state index in [1.807, 2.05) is 20.8 Å². The fourth-order valence-electron chi connectivity index (χ4n) is 5.72. The van der Waals surface area contributed by atoms with Crippen molar-refractivity contribution >= 4 is 17.9 Å². The highest BCUT2D eigenvalue weighted by Crippen LogP contribution is 2.29. The van der Waals surface area contributed by atoms with E-state index in [1.165, 1.54) is 24.1 Å². The molecule has 0 saturated carbocycles. The van der Waals surface area contributed by atoms with Gasteiger partial charge in [0.2, 0.25) is 0 Å². The SMILES string of the molecule is CC(C)(C)OC(=O)C(C1=CCCCC1)N1CCC(N2CCN(c3ccc(C=NN)cc3)CC2)CC1. The normalized spacial score (nSPS) is 22.3. The van der Waals surface area contributed by atoms with E-state index in [9.17, 15) is 4.79 Å².